The Hall–Kier alpha value is -2.53. The molecule has 7 nitrogen and oxygen atoms in total. The quantitative estimate of drug-likeness (QED) is 0.370. The number of azide groups is 1. The Morgan fingerprint density at radius 1 is 1.36 bits per heavy atom. The van der Waals surface area contributed by atoms with E-state index in [1.54, 1.807) is 36.1 Å². The number of hydrogen-bond acceptors (Lipinski definition) is 4. The number of piperidine rings is 1. The number of benzene rings is 1. The maximum Gasteiger partial charge on any atom is 0.309 e. The van der Waals surface area contributed by atoms with Crippen LogP contribution in [0.2, 0.25) is 0 Å². The fourth-order valence-corrected chi connectivity index (χ4v) is 2.54. The first-order valence-electron chi connectivity index (χ1n) is 7.27. The van der Waals surface area contributed by atoms with Crippen LogP contribution in [0.5, 0.6) is 0 Å². The molecule has 1 heterocycles. The van der Waals surface area contributed by atoms with E-state index in [4.69, 9.17) is 10.3 Å². The van der Waals surface area contributed by atoms with Crippen LogP contribution >= 0.6 is 0 Å². The van der Waals surface area contributed by atoms with Gasteiger partial charge in [-0.15, -0.1) is 0 Å². The SMILES string of the molecule is CCOC(=O)C1CCN(C(=O)c2ccccc2N=[N+]=[N-])CC1. The standard InChI is InChI=1S/C15H18N4O3/c1-2-22-15(21)11-7-9-19(10-8-11)14(20)12-5-3-4-6-13(12)17-18-16/h3-6,11H,2,7-10H2,1H3. The van der Waals surface area contributed by atoms with E-state index >= 15 is 0 Å². The Bertz CT molecular complexity index is 603. The zero-order chi connectivity index (χ0) is 15.9. The summed E-state index contributed by atoms with van der Waals surface area (Å²) in [6.45, 7) is 3.14. The second-order valence-corrected chi connectivity index (χ2v) is 5.03. The maximum absolute atomic E-state index is 12.5. The predicted octanol–water partition coefficient (Wildman–Crippen LogP) is 3.04. The highest BCUT2D eigenvalue weighted by molar-refractivity contribution is 5.99. The molecular formula is C15H18N4O3. The van der Waals surface area contributed by atoms with Crippen molar-refractivity contribution in [2.75, 3.05) is 19.7 Å². The van der Waals surface area contributed by atoms with Gasteiger partial charge in [-0.3, -0.25) is 9.59 Å². The van der Waals surface area contributed by atoms with Crippen molar-refractivity contribution in [3.05, 3.63) is 40.3 Å². The van der Waals surface area contributed by atoms with Crippen molar-refractivity contribution in [3.8, 4) is 0 Å². The van der Waals surface area contributed by atoms with Gasteiger partial charge in [-0.05, 0) is 31.4 Å². The average molecular weight is 302 g/mol. The molecule has 0 bridgehead atoms. The van der Waals surface area contributed by atoms with E-state index in [1.165, 1.54) is 0 Å². The smallest absolute Gasteiger partial charge is 0.309 e. The fourth-order valence-electron chi connectivity index (χ4n) is 2.54. The largest absolute Gasteiger partial charge is 0.466 e. The van der Waals surface area contributed by atoms with Crippen LogP contribution in [-0.2, 0) is 9.53 Å². The van der Waals surface area contributed by atoms with Crippen molar-refractivity contribution >= 4 is 17.6 Å². The molecule has 0 saturated carbocycles. The van der Waals surface area contributed by atoms with Gasteiger partial charge in [0.15, 0.2) is 0 Å². The maximum atomic E-state index is 12.5. The van der Waals surface area contributed by atoms with Gasteiger partial charge in [0, 0.05) is 23.6 Å². The molecule has 22 heavy (non-hydrogen) atoms. The number of hydrogen-bond donors (Lipinski definition) is 0. The summed E-state index contributed by atoms with van der Waals surface area (Å²) in [5, 5.41) is 3.55. The lowest BCUT2D eigenvalue weighted by atomic mass is 9.96. The summed E-state index contributed by atoms with van der Waals surface area (Å²) in [7, 11) is 0. The van der Waals surface area contributed by atoms with Crippen molar-refractivity contribution < 1.29 is 14.3 Å². The van der Waals surface area contributed by atoms with Crippen LogP contribution in [0.15, 0.2) is 29.4 Å². The summed E-state index contributed by atoms with van der Waals surface area (Å²) in [5.74, 6) is -0.509. The molecule has 116 valence electrons. The molecule has 1 aliphatic heterocycles. The van der Waals surface area contributed by atoms with Crippen LogP contribution in [0.3, 0.4) is 0 Å². The summed E-state index contributed by atoms with van der Waals surface area (Å²) < 4.78 is 5.02. The van der Waals surface area contributed by atoms with Gasteiger partial charge in [-0.2, -0.15) is 0 Å². The minimum Gasteiger partial charge on any atom is -0.466 e. The van der Waals surface area contributed by atoms with E-state index < -0.39 is 0 Å². The number of carbonyl (C=O) groups excluding carboxylic acids is 2. The van der Waals surface area contributed by atoms with E-state index in [0.717, 1.165) is 0 Å². The molecule has 1 aliphatic rings. The first-order chi connectivity index (χ1) is 10.7. The van der Waals surface area contributed by atoms with Crippen LogP contribution in [0.1, 0.15) is 30.1 Å². The van der Waals surface area contributed by atoms with Gasteiger partial charge in [0.05, 0.1) is 18.2 Å². The van der Waals surface area contributed by atoms with Gasteiger partial charge in [0.25, 0.3) is 5.91 Å². The highest BCUT2D eigenvalue weighted by atomic mass is 16.5. The molecule has 1 saturated heterocycles. The second kappa shape index (κ2) is 7.47. The van der Waals surface area contributed by atoms with E-state index in [-0.39, 0.29) is 17.8 Å². The lowest BCUT2D eigenvalue weighted by Crippen LogP contribution is -2.40. The number of amides is 1. The molecule has 2 rings (SSSR count). The minimum absolute atomic E-state index is 0.142. The highest BCUT2D eigenvalue weighted by Gasteiger charge is 2.29. The minimum atomic E-state index is -0.191. The number of likely N-dealkylation sites (tertiary alicyclic amines) is 1. The first-order valence-corrected chi connectivity index (χ1v) is 7.27. The van der Waals surface area contributed by atoms with Gasteiger partial charge in [-0.1, -0.05) is 23.3 Å². The molecule has 0 unspecified atom stereocenters. The summed E-state index contributed by atoms with van der Waals surface area (Å²) >= 11 is 0. The van der Waals surface area contributed by atoms with Crippen LogP contribution in [0.4, 0.5) is 5.69 Å². The Morgan fingerprint density at radius 2 is 2.05 bits per heavy atom. The average Bonchev–Trinajstić information content (AvgIpc) is 2.55. The summed E-state index contributed by atoms with van der Waals surface area (Å²) in [4.78, 5) is 28.7. The van der Waals surface area contributed by atoms with E-state index in [0.29, 0.717) is 43.8 Å². The van der Waals surface area contributed by atoms with Crippen LogP contribution in [0, 0.1) is 5.92 Å². The van der Waals surface area contributed by atoms with Crippen molar-refractivity contribution in [1.82, 2.24) is 4.90 Å². The van der Waals surface area contributed by atoms with Gasteiger partial charge in [-0.25, -0.2) is 0 Å². The topological polar surface area (TPSA) is 95.4 Å². The first kappa shape index (κ1) is 15.9. The summed E-state index contributed by atoms with van der Waals surface area (Å²) in [6, 6.07) is 6.70. The number of esters is 1. The normalized spacial score (nSPS) is 15.0. The molecular weight excluding hydrogens is 284 g/mol. The van der Waals surface area contributed by atoms with Crippen LogP contribution in [-0.4, -0.2) is 36.5 Å². The van der Waals surface area contributed by atoms with E-state index in [9.17, 15) is 9.59 Å². The van der Waals surface area contributed by atoms with Gasteiger partial charge < -0.3 is 9.64 Å². The van der Waals surface area contributed by atoms with Crippen molar-refractivity contribution in [1.29, 1.82) is 0 Å². The number of carbonyl (C=O) groups is 2. The lowest BCUT2D eigenvalue weighted by molar-refractivity contribution is -0.149. The van der Waals surface area contributed by atoms with Crippen molar-refractivity contribution in [3.63, 3.8) is 0 Å². The zero-order valence-electron chi connectivity index (χ0n) is 12.4. The summed E-state index contributed by atoms with van der Waals surface area (Å²) in [6.07, 6.45) is 1.18. The summed E-state index contributed by atoms with van der Waals surface area (Å²) in [5.41, 5.74) is 9.27. The lowest BCUT2D eigenvalue weighted by Gasteiger charge is -2.31. The zero-order valence-corrected chi connectivity index (χ0v) is 12.4. The molecule has 0 radical (unpaired) electrons. The van der Waals surface area contributed by atoms with Gasteiger partial charge in [0.2, 0.25) is 0 Å². The van der Waals surface area contributed by atoms with Crippen LogP contribution < -0.4 is 0 Å². The highest BCUT2D eigenvalue weighted by Crippen LogP contribution is 2.24. The Kier molecular flexibility index (Phi) is 5.38. The second-order valence-electron chi connectivity index (χ2n) is 5.03. The number of rotatable bonds is 4. The Balaban J connectivity index is 2.04. The number of nitrogens with zero attached hydrogens (tertiary/aromatic N) is 4. The van der Waals surface area contributed by atoms with E-state index in [1.807, 2.05) is 0 Å². The molecule has 1 fully saturated rings. The fraction of sp³-hybridized carbons (Fsp3) is 0.467. The van der Waals surface area contributed by atoms with Crippen LogP contribution in [0.25, 0.3) is 10.4 Å². The molecule has 7 heteroatoms. The van der Waals surface area contributed by atoms with Crippen molar-refractivity contribution in [2.45, 2.75) is 19.8 Å². The molecule has 1 aromatic rings. The third-order valence-electron chi connectivity index (χ3n) is 3.69. The molecule has 0 spiro atoms. The molecule has 1 aromatic carbocycles. The molecule has 0 atom stereocenters. The molecule has 0 N–H and O–H groups in total. The third kappa shape index (κ3) is 3.56. The Morgan fingerprint density at radius 3 is 2.68 bits per heavy atom. The molecule has 0 aromatic heterocycles. The van der Waals surface area contributed by atoms with Gasteiger partial charge in [0.1, 0.15) is 0 Å². The van der Waals surface area contributed by atoms with E-state index in [2.05, 4.69) is 10.0 Å². The Labute approximate surface area is 128 Å². The van der Waals surface area contributed by atoms with Crippen molar-refractivity contribution in [2.24, 2.45) is 11.0 Å². The predicted molar refractivity (Wildman–Crippen MR) is 80.5 cm³/mol. The third-order valence-corrected chi connectivity index (χ3v) is 3.69. The molecule has 1 amide bonds. The number of ether oxygens (including phenoxy) is 1. The molecule has 0 aliphatic carbocycles. The monoisotopic (exact) mass is 302 g/mol. The van der Waals surface area contributed by atoms with Gasteiger partial charge >= 0.3 is 5.97 Å².